The van der Waals surface area contributed by atoms with Crippen molar-refractivity contribution in [2.45, 2.75) is 0 Å². The van der Waals surface area contributed by atoms with Crippen LogP contribution in [0.4, 0.5) is 0 Å². The topological polar surface area (TPSA) is 139 Å². The number of nitrogens with one attached hydrogen (secondary N) is 1. The third-order valence-electron chi connectivity index (χ3n) is 2.83. The summed E-state index contributed by atoms with van der Waals surface area (Å²) in [6.07, 6.45) is 8.24. The molecule has 2 heterocycles. The number of rotatable bonds is 5. The number of nitrogens with two attached hydrogens (primary N) is 1. The molecule has 9 nitrogen and oxygen atoms in total. The minimum atomic E-state index is -4.07. The Labute approximate surface area is 144 Å². The van der Waals surface area contributed by atoms with Gasteiger partial charge in [-0.1, -0.05) is 6.07 Å². The van der Waals surface area contributed by atoms with Crippen molar-refractivity contribution in [2.75, 3.05) is 6.26 Å². The lowest BCUT2D eigenvalue weighted by Gasteiger charge is -2.19. The van der Waals surface area contributed by atoms with Crippen LogP contribution in [0.25, 0.3) is 11.6 Å². The van der Waals surface area contributed by atoms with E-state index in [0.29, 0.717) is 11.1 Å². The number of carbonyl (C=O) groups excluding carboxylic acids is 1. The predicted octanol–water partition coefficient (Wildman–Crippen LogP) is 0.630. The van der Waals surface area contributed by atoms with Gasteiger partial charge in [-0.2, -0.15) is 8.42 Å². The summed E-state index contributed by atoms with van der Waals surface area (Å²) in [5.74, 6) is -1.80. The second-order valence-corrected chi connectivity index (χ2v) is 6.40. The Bertz CT molecular complexity index is 898. The van der Waals surface area contributed by atoms with E-state index in [1.165, 1.54) is 30.9 Å². The monoisotopic (exact) mass is 361 g/mol. The lowest BCUT2D eigenvalue weighted by Crippen LogP contribution is -2.42. The van der Waals surface area contributed by atoms with E-state index in [1.807, 2.05) is 0 Å². The first-order valence-corrected chi connectivity index (χ1v) is 8.70. The van der Waals surface area contributed by atoms with E-state index < -0.39 is 22.0 Å². The van der Waals surface area contributed by atoms with E-state index in [2.05, 4.69) is 14.3 Å². The maximum absolute atomic E-state index is 12.8. The van der Waals surface area contributed by atoms with Gasteiger partial charge < -0.3 is 5.73 Å². The molecule has 10 heteroatoms. The van der Waals surface area contributed by atoms with Gasteiger partial charge in [0.15, 0.2) is 0 Å². The molecule has 2 rings (SSSR count). The number of pyridine rings is 2. The molecule has 2 aromatic rings. The van der Waals surface area contributed by atoms with Crippen molar-refractivity contribution in [3.05, 3.63) is 60.2 Å². The normalized spacial score (nSPS) is 11.8. The molecule has 0 aromatic carbocycles. The minimum absolute atomic E-state index is 0.0400. The summed E-state index contributed by atoms with van der Waals surface area (Å²) < 4.78 is 27.3. The molecule has 0 unspecified atom stereocenters. The third-order valence-corrected chi connectivity index (χ3v) is 3.25. The van der Waals surface area contributed by atoms with Crippen LogP contribution in [0.3, 0.4) is 0 Å². The van der Waals surface area contributed by atoms with Gasteiger partial charge in [0.1, 0.15) is 0 Å². The molecule has 0 saturated heterocycles. The molecule has 0 radical (unpaired) electrons. The number of hydroxylamine groups is 2. The Morgan fingerprint density at radius 3 is 2.44 bits per heavy atom. The molecule has 2 aromatic heterocycles. The van der Waals surface area contributed by atoms with E-state index in [1.54, 1.807) is 24.3 Å². The summed E-state index contributed by atoms with van der Waals surface area (Å²) in [5.41, 5.74) is 6.37. The maximum atomic E-state index is 12.8. The fraction of sp³-hybridized carbons (Fsp3) is 0.0667. The maximum Gasteiger partial charge on any atom is 0.286 e. The highest BCUT2D eigenvalue weighted by Gasteiger charge is 2.27. The Kier molecular flexibility index (Phi) is 5.57. The van der Waals surface area contributed by atoms with Gasteiger partial charge in [0.05, 0.1) is 11.8 Å². The molecule has 0 aliphatic rings. The molecular weight excluding hydrogens is 346 g/mol. The fourth-order valence-corrected chi connectivity index (χ4v) is 2.26. The summed E-state index contributed by atoms with van der Waals surface area (Å²) in [4.78, 5) is 20.6. The largest absolute Gasteiger partial charge is 0.368 e. The van der Waals surface area contributed by atoms with Crippen molar-refractivity contribution >= 4 is 33.6 Å². The Morgan fingerprint density at radius 2 is 1.92 bits per heavy atom. The van der Waals surface area contributed by atoms with Crippen LogP contribution < -0.4 is 5.73 Å². The lowest BCUT2D eigenvalue weighted by atomic mass is 10.0. The molecule has 0 fully saturated rings. The second-order valence-electron chi connectivity index (χ2n) is 4.84. The molecular formula is C15H15N5O4S. The molecule has 0 atom stereocenters. The summed E-state index contributed by atoms with van der Waals surface area (Å²) in [6.45, 7) is 0. The molecule has 3 N–H and O–H groups in total. The first-order valence-electron chi connectivity index (χ1n) is 6.88. The van der Waals surface area contributed by atoms with Gasteiger partial charge in [-0.15, -0.1) is 9.35 Å². The summed E-state index contributed by atoms with van der Waals surface area (Å²) in [6, 6.07) is 6.52. The third kappa shape index (κ3) is 5.19. The molecule has 0 aliphatic carbocycles. The van der Waals surface area contributed by atoms with Crippen LogP contribution in [-0.2, 0) is 19.2 Å². The summed E-state index contributed by atoms with van der Waals surface area (Å²) in [7, 11) is -4.07. The highest BCUT2D eigenvalue weighted by atomic mass is 32.2. The average molecular weight is 361 g/mol. The molecule has 0 saturated carbocycles. The molecule has 0 bridgehead atoms. The first-order chi connectivity index (χ1) is 11.8. The highest BCUT2D eigenvalue weighted by molar-refractivity contribution is 7.85. The second kappa shape index (κ2) is 7.64. The number of guanidine groups is 1. The van der Waals surface area contributed by atoms with Crippen molar-refractivity contribution in [2.24, 2.45) is 5.73 Å². The molecule has 130 valence electrons. The van der Waals surface area contributed by atoms with Crippen LogP contribution in [-0.4, -0.2) is 41.6 Å². The number of amides is 1. The molecule has 1 amide bonds. The Hall–Kier alpha value is -3.11. The van der Waals surface area contributed by atoms with Crippen LogP contribution in [0.15, 0.2) is 49.1 Å². The van der Waals surface area contributed by atoms with Gasteiger partial charge in [-0.3, -0.25) is 20.2 Å². The van der Waals surface area contributed by atoms with Gasteiger partial charge in [0.2, 0.25) is 5.96 Å². The minimum Gasteiger partial charge on any atom is -0.368 e. The smallest absolute Gasteiger partial charge is 0.286 e. The van der Waals surface area contributed by atoms with E-state index in [9.17, 15) is 13.2 Å². The quantitative estimate of drug-likeness (QED) is 0.344. The zero-order valence-electron chi connectivity index (χ0n) is 13.2. The van der Waals surface area contributed by atoms with Crippen LogP contribution in [0.5, 0.6) is 0 Å². The Balaban J connectivity index is 2.53. The number of aromatic nitrogens is 2. The van der Waals surface area contributed by atoms with Gasteiger partial charge in [-0.05, 0) is 29.8 Å². The summed E-state index contributed by atoms with van der Waals surface area (Å²) >= 11 is 0. The zero-order valence-corrected chi connectivity index (χ0v) is 14.0. The van der Waals surface area contributed by atoms with E-state index >= 15 is 0 Å². The van der Waals surface area contributed by atoms with Gasteiger partial charge >= 0.3 is 0 Å². The van der Waals surface area contributed by atoms with Crippen molar-refractivity contribution in [1.29, 1.82) is 5.41 Å². The first kappa shape index (κ1) is 18.2. The van der Waals surface area contributed by atoms with E-state index in [-0.39, 0.29) is 10.6 Å². The van der Waals surface area contributed by atoms with Crippen LogP contribution in [0, 0.1) is 5.41 Å². The highest BCUT2D eigenvalue weighted by Crippen LogP contribution is 2.20. The average Bonchev–Trinajstić information content (AvgIpc) is 2.58. The van der Waals surface area contributed by atoms with Gasteiger partial charge in [0, 0.05) is 30.4 Å². The number of nitrogens with zero attached hydrogens (tertiary/aromatic N) is 3. The predicted molar refractivity (Wildman–Crippen MR) is 91.0 cm³/mol. The Morgan fingerprint density at radius 1 is 1.24 bits per heavy atom. The summed E-state index contributed by atoms with van der Waals surface area (Å²) in [5, 5.41) is 7.64. The lowest BCUT2D eigenvalue weighted by molar-refractivity contribution is -0.137. The molecule has 25 heavy (non-hydrogen) atoms. The van der Waals surface area contributed by atoms with Crippen molar-refractivity contribution in [3.63, 3.8) is 0 Å². The number of carbonyl (C=O) groups is 1. The number of hydrogen-bond donors (Lipinski definition) is 2. The SMILES string of the molecule is CS(=O)(=O)ON(C(=N)N)C(=O)/C(=C/c1ccncc1)c1cccnc1. The van der Waals surface area contributed by atoms with E-state index in [0.717, 1.165) is 6.26 Å². The standard InChI is InChI=1S/C15H15N5O4S/c1-25(22,23)24-20(15(16)17)14(21)13(12-3-2-6-19-10-12)9-11-4-7-18-8-5-11/h2-10H,1H3,(H3,16,17)/b13-9+. The molecule has 0 spiro atoms. The van der Waals surface area contributed by atoms with Crippen LogP contribution in [0.1, 0.15) is 11.1 Å². The number of hydrogen-bond acceptors (Lipinski definition) is 7. The molecule has 0 aliphatic heterocycles. The van der Waals surface area contributed by atoms with Crippen LogP contribution in [0.2, 0.25) is 0 Å². The van der Waals surface area contributed by atoms with Gasteiger partial charge in [0.25, 0.3) is 16.0 Å². The van der Waals surface area contributed by atoms with Crippen molar-refractivity contribution < 1.29 is 17.5 Å². The van der Waals surface area contributed by atoms with E-state index in [4.69, 9.17) is 11.1 Å². The fourth-order valence-electron chi connectivity index (χ4n) is 1.85. The van der Waals surface area contributed by atoms with Crippen LogP contribution >= 0.6 is 0 Å². The van der Waals surface area contributed by atoms with Gasteiger partial charge in [-0.25, -0.2) is 0 Å². The zero-order chi connectivity index (χ0) is 18.4. The van der Waals surface area contributed by atoms with Crippen molar-refractivity contribution in [1.82, 2.24) is 15.0 Å². The van der Waals surface area contributed by atoms with Crippen molar-refractivity contribution in [3.8, 4) is 0 Å².